The normalized spacial score (nSPS) is 12.6. The van der Waals surface area contributed by atoms with E-state index in [1.54, 1.807) is 0 Å². The van der Waals surface area contributed by atoms with Gasteiger partial charge in [0.25, 0.3) is 0 Å². The van der Waals surface area contributed by atoms with Gasteiger partial charge in [0.15, 0.2) is 0 Å². The number of benzene rings is 1. The van der Waals surface area contributed by atoms with Gasteiger partial charge >= 0.3 is 0 Å². The molecular formula is C54H104N2O4. The predicted octanol–water partition coefficient (Wildman–Crippen LogP) is 16.1. The summed E-state index contributed by atoms with van der Waals surface area (Å²) in [5.74, 6) is 0. The van der Waals surface area contributed by atoms with Gasteiger partial charge in [-0.2, -0.15) is 0 Å². The third kappa shape index (κ3) is 42.0. The summed E-state index contributed by atoms with van der Waals surface area (Å²) >= 11 is 0. The van der Waals surface area contributed by atoms with Crippen molar-refractivity contribution in [3.8, 4) is 0 Å². The van der Waals surface area contributed by atoms with E-state index in [1.807, 2.05) is 24.3 Å². The Bertz CT molecular complexity index is 871. The largest absolute Gasteiger partial charge is 0.389 e. The van der Waals surface area contributed by atoms with Crippen molar-refractivity contribution < 1.29 is 19.7 Å². The van der Waals surface area contributed by atoms with Gasteiger partial charge in [0.1, 0.15) is 0 Å². The lowest BCUT2D eigenvalue weighted by atomic mass is 10.0. The number of ether oxygens (including phenoxy) is 2. The van der Waals surface area contributed by atoms with E-state index in [0.29, 0.717) is 26.3 Å². The van der Waals surface area contributed by atoms with Gasteiger partial charge in [-0.05, 0) is 37.1 Å². The summed E-state index contributed by atoms with van der Waals surface area (Å²) in [7, 11) is 0. The maximum atomic E-state index is 10.4. The van der Waals surface area contributed by atoms with Gasteiger partial charge in [0.2, 0.25) is 0 Å². The first-order valence-corrected chi connectivity index (χ1v) is 26.7. The van der Waals surface area contributed by atoms with Gasteiger partial charge in [-0.25, -0.2) is 0 Å². The summed E-state index contributed by atoms with van der Waals surface area (Å²) in [6.45, 7) is 7.70. The lowest BCUT2D eigenvalue weighted by molar-refractivity contribution is 0.0416. The summed E-state index contributed by atoms with van der Waals surface area (Å²) in [5, 5.41) is 27.3. The monoisotopic (exact) mass is 845 g/mol. The summed E-state index contributed by atoms with van der Waals surface area (Å²) in [6.07, 6.45) is 51.6. The average Bonchev–Trinajstić information content (AvgIpc) is 3.26. The van der Waals surface area contributed by atoms with Gasteiger partial charge in [0.05, 0.1) is 25.4 Å². The van der Waals surface area contributed by atoms with E-state index in [-0.39, 0.29) is 0 Å². The zero-order valence-electron chi connectivity index (χ0n) is 40.3. The first-order chi connectivity index (χ1) is 29.7. The van der Waals surface area contributed by atoms with Crippen LogP contribution in [0.1, 0.15) is 258 Å². The third-order valence-electron chi connectivity index (χ3n) is 12.4. The zero-order chi connectivity index (χ0) is 43.1. The second-order valence-corrected chi connectivity index (χ2v) is 18.5. The molecule has 0 saturated heterocycles. The number of hydrogen-bond acceptors (Lipinski definition) is 6. The maximum Gasteiger partial charge on any atom is 0.0945 e. The predicted molar refractivity (Wildman–Crippen MR) is 264 cm³/mol. The maximum absolute atomic E-state index is 10.4. The van der Waals surface area contributed by atoms with E-state index in [9.17, 15) is 10.2 Å². The lowest BCUT2D eigenvalue weighted by Crippen LogP contribution is -2.25. The van der Waals surface area contributed by atoms with Crippen LogP contribution in [0.2, 0.25) is 0 Å². The van der Waals surface area contributed by atoms with Crippen molar-refractivity contribution in [2.75, 3.05) is 50.2 Å². The van der Waals surface area contributed by atoms with Gasteiger partial charge in [-0.15, -0.1) is 0 Å². The Balaban J connectivity index is 1.83. The highest BCUT2D eigenvalue weighted by molar-refractivity contribution is 5.53. The van der Waals surface area contributed by atoms with E-state index in [0.717, 1.165) is 37.4 Å². The van der Waals surface area contributed by atoms with Crippen molar-refractivity contribution in [1.82, 2.24) is 0 Å². The molecule has 6 nitrogen and oxygen atoms in total. The molecule has 0 aromatic heterocycles. The van der Waals surface area contributed by atoms with Crippen LogP contribution in [0.4, 0.5) is 11.4 Å². The molecule has 354 valence electrons. The highest BCUT2D eigenvalue weighted by Gasteiger charge is 2.07. The molecule has 0 aliphatic heterocycles. The Morgan fingerprint density at radius 1 is 0.333 bits per heavy atom. The average molecular weight is 845 g/mol. The number of anilines is 2. The molecule has 0 bridgehead atoms. The molecule has 0 radical (unpaired) electrons. The van der Waals surface area contributed by atoms with E-state index >= 15 is 0 Å². The molecule has 4 N–H and O–H groups in total. The molecule has 1 aromatic rings. The fourth-order valence-corrected chi connectivity index (χ4v) is 8.30. The molecule has 60 heavy (non-hydrogen) atoms. The lowest BCUT2D eigenvalue weighted by Gasteiger charge is -2.15. The Morgan fingerprint density at radius 3 is 0.750 bits per heavy atom. The number of aliphatic hydroxyl groups excluding tert-OH is 2. The van der Waals surface area contributed by atoms with Crippen LogP contribution >= 0.6 is 0 Å². The van der Waals surface area contributed by atoms with E-state index in [2.05, 4.69) is 24.5 Å². The topological polar surface area (TPSA) is 83.0 Å². The molecule has 0 aliphatic rings. The molecule has 1 rings (SSSR count). The summed E-state index contributed by atoms with van der Waals surface area (Å²) in [5.41, 5.74) is 1.92. The zero-order valence-corrected chi connectivity index (χ0v) is 40.3. The number of rotatable bonds is 50. The molecule has 0 fully saturated rings. The minimum absolute atomic E-state index is 0.366. The van der Waals surface area contributed by atoms with E-state index < -0.39 is 12.2 Å². The van der Waals surface area contributed by atoms with Crippen molar-refractivity contribution in [3.05, 3.63) is 24.3 Å². The number of aliphatic hydroxyl groups is 2. The minimum Gasteiger partial charge on any atom is -0.389 e. The van der Waals surface area contributed by atoms with Crippen LogP contribution in [-0.4, -0.2) is 61.9 Å². The standard InChI is InChI=1S/C54H104N2O4/c1-3-5-7-9-11-13-15-17-19-21-23-25-27-29-31-33-35-37-39-45-59-49-53(57)47-55-51-41-43-52(44-42-51)56-48-54(58)50-60-46-40-38-36-34-32-30-28-26-24-22-20-18-16-14-12-10-8-6-4-2/h41-44,53-58H,3-40,45-50H2,1-2H3. The van der Waals surface area contributed by atoms with Crippen LogP contribution in [-0.2, 0) is 9.47 Å². The Hall–Kier alpha value is -1.34. The second kappa shape index (κ2) is 47.1. The molecule has 0 spiro atoms. The van der Waals surface area contributed by atoms with Gasteiger partial charge in [0, 0.05) is 37.7 Å². The smallest absolute Gasteiger partial charge is 0.0945 e. The summed E-state index contributed by atoms with van der Waals surface area (Å²) in [4.78, 5) is 0. The molecule has 0 aliphatic carbocycles. The molecule has 6 heteroatoms. The quantitative estimate of drug-likeness (QED) is 0.0489. The molecule has 1 aromatic carbocycles. The third-order valence-corrected chi connectivity index (χ3v) is 12.4. The van der Waals surface area contributed by atoms with Crippen LogP contribution < -0.4 is 10.6 Å². The van der Waals surface area contributed by atoms with Crippen molar-refractivity contribution in [3.63, 3.8) is 0 Å². The second-order valence-electron chi connectivity index (χ2n) is 18.5. The molecule has 0 amide bonds. The van der Waals surface area contributed by atoms with E-state index in [1.165, 1.54) is 231 Å². The van der Waals surface area contributed by atoms with Gasteiger partial charge in [-0.1, -0.05) is 245 Å². The highest BCUT2D eigenvalue weighted by atomic mass is 16.5. The number of nitrogens with one attached hydrogen (secondary N) is 2. The molecule has 2 unspecified atom stereocenters. The van der Waals surface area contributed by atoms with Crippen molar-refractivity contribution in [2.45, 2.75) is 270 Å². The van der Waals surface area contributed by atoms with Crippen LogP contribution in [0.3, 0.4) is 0 Å². The molecule has 0 saturated carbocycles. The first-order valence-electron chi connectivity index (χ1n) is 26.7. The van der Waals surface area contributed by atoms with Crippen LogP contribution in [0.15, 0.2) is 24.3 Å². The van der Waals surface area contributed by atoms with Gasteiger partial charge < -0.3 is 30.3 Å². The molecular weight excluding hydrogens is 741 g/mol. The summed E-state index contributed by atoms with van der Waals surface area (Å²) < 4.78 is 11.5. The van der Waals surface area contributed by atoms with Crippen molar-refractivity contribution in [1.29, 1.82) is 0 Å². The number of hydrogen-bond donors (Lipinski definition) is 4. The number of unbranched alkanes of at least 4 members (excludes halogenated alkanes) is 36. The minimum atomic E-state index is -0.531. The fraction of sp³-hybridized carbons (Fsp3) is 0.889. The first kappa shape index (κ1) is 56.7. The van der Waals surface area contributed by atoms with Gasteiger partial charge in [-0.3, -0.25) is 0 Å². The van der Waals surface area contributed by atoms with Crippen LogP contribution in [0, 0.1) is 0 Å². The van der Waals surface area contributed by atoms with Crippen LogP contribution in [0.5, 0.6) is 0 Å². The van der Waals surface area contributed by atoms with E-state index in [4.69, 9.17) is 9.47 Å². The Labute approximate surface area is 374 Å². The SMILES string of the molecule is CCCCCCCCCCCCCCCCCCCCCOCC(O)CNc1ccc(NCC(O)COCCCCCCCCCCCCCCCCCCCCC)cc1. The van der Waals surface area contributed by atoms with Crippen molar-refractivity contribution in [2.24, 2.45) is 0 Å². The van der Waals surface area contributed by atoms with Crippen molar-refractivity contribution >= 4 is 11.4 Å². The summed E-state index contributed by atoms with van der Waals surface area (Å²) in [6, 6.07) is 7.99. The highest BCUT2D eigenvalue weighted by Crippen LogP contribution is 2.17. The fourth-order valence-electron chi connectivity index (χ4n) is 8.30. The van der Waals surface area contributed by atoms with Crippen LogP contribution in [0.25, 0.3) is 0 Å². The Morgan fingerprint density at radius 2 is 0.533 bits per heavy atom. The molecule has 0 heterocycles. The Kier molecular flexibility index (Phi) is 44.5. The molecule has 2 atom stereocenters.